The van der Waals surface area contributed by atoms with Crippen LogP contribution in [0.4, 0.5) is 11.4 Å². The van der Waals surface area contributed by atoms with E-state index >= 15 is 0 Å². The highest BCUT2D eigenvalue weighted by atomic mass is 35.5. The lowest BCUT2D eigenvalue weighted by atomic mass is 10.2. The summed E-state index contributed by atoms with van der Waals surface area (Å²) < 4.78 is 0. The van der Waals surface area contributed by atoms with E-state index in [9.17, 15) is 0 Å². The molecule has 21 heavy (non-hydrogen) atoms. The van der Waals surface area contributed by atoms with Crippen LogP contribution >= 0.6 is 34.8 Å². The maximum Gasteiger partial charge on any atom is 0.0935 e. The highest BCUT2D eigenvalue weighted by Crippen LogP contribution is 2.33. The smallest absolute Gasteiger partial charge is 0.0935 e. The maximum atomic E-state index is 6.06. The summed E-state index contributed by atoms with van der Waals surface area (Å²) in [5.74, 6) is 0. The number of nitrogens with one attached hydrogen (secondary N) is 1. The largest absolute Gasteiger partial charge is 0.378 e. The second-order valence-electron chi connectivity index (χ2n) is 4.60. The van der Waals surface area contributed by atoms with Crippen molar-refractivity contribution in [2.45, 2.75) is 0 Å². The Morgan fingerprint density at radius 3 is 2.10 bits per heavy atom. The molecule has 0 bridgehead atoms. The normalized spacial score (nSPS) is 10.9. The highest BCUT2D eigenvalue weighted by molar-refractivity contribution is 6.41. The van der Waals surface area contributed by atoms with Gasteiger partial charge < -0.3 is 4.90 Å². The van der Waals surface area contributed by atoms with E-state index in [1.54, 1.807) is 18.3 Å². The minimum absolute atomic E-state index is 0.424. The van der Waals surface area contributed by atoms with Crippen LogP contribution in [0.15, 0.2) is 41.5 Å². The van der Waals surface area contributed by atoms with Gasteiger partial charge in [0.2, 0.25) is 0 Å². The molecule has 0 heterocycles. The monoisotopic (exact) mass is 341 g/mol. The van der Waals surface area contributed by atoms with E-state index in [0.29, 0.717) is 20.8 Å². The molecule has 0 spiro atoms. The number of halogens is 3. The van der Waals surface area contributed by atoms with Gasteiger partial charge in [-0.1, -0.05) is 46.9 Å². The lowest BCUT2D eigenvalue weighted by molar-refractivity contribution is 1.13. The third-order valence-corrected chi connectivity index (χ3v) is 3.62. The van der Waals surface area contributed by atoms with Crippen LogP contribution in [0, 0.1) is 0 Å². The number of hydrogen-bond donors (Lipinski definition) is 1. The third kappa shape index (κ3) is 4.27. The summed E-state index contributed by atoms with van der Waals surface area (Å²) in [7, 11) is 3.99. The van der Waals surface area contributed by atoms with Crippen molar-refractivity contribution in [2.24, 2.45) is 5.10 Å². The Balaban J connectivity index is 2.09. The van der Waals surface area contributed by atoms with Crippen LogP contribution in [0.25, 0.3) is 0 Å². The molecule has 0 aromatic heterocycles. The van der Waals surface area contributed by atoms with Crippen molar-refractivity contribution in [1.29, 1.82) is 0 Å². The Bertz CT molecular complexity index is 629. The van der Waals surface area contributed by atoms with Crippen molar-refractivity contribution >= 4 is 52.4 Å². The van der Waals surface area contributed by atoms with E-state index in [4.69, 9.17) is 34.8 Å². The molecule has 0 saturated carbocycles. The Morgan fingerprint density at radius 2 is 1.57 bits per heavy atom. The van der Waals surface area contributed by atoms with E-state index in [2.05, 4.69) is 10.5 Å². The molecule has 0 atom stereocenters. The standard InChI is InChI=1S/C15H14Cl3N3/c1-21(2)12-5-3-10(4-6-12)9-19-20-15-13(17)7-11(16)8-14(15)18/h3-9,20H,1-2H3. The molecular formula is C15H14Cl3N3. The topological polar surface area (TPSA) is 27.6 Å². The van der Waals surface area contributed by atoms with Gasteiger partial charge in [-0.05, 0) is 29.8 Å². The number of rotatable bonds is 4. The van der Waals surface area contributed by atoms with Crippen LogP contribution in [0.1, 0.15) is 5.56 Å². The van der Waals surface area contributed by atoms with Gasteiger partial charge in [-0.3, -0.25) is 5.43 Å². The number of anilines is 2. The predicted molar refractivity (Wildman–Crippen MR) is 93.5 cm³/mol. The maximum absolute atomic E-state index is 6.06. The van der Waals surface area contributed by atoms with Gasteiger partial charge in [-0.15, -0.1) is 0 Å². The van der Waals surface area contributed by atoms with Gasteiger partial charge in [-0.2, -0.15) is 5.10 Å². The summed E-state index contributed by atoms with van der Waals surface area (Å²) in [4.78, 5) is 2.03. The second kappa shape index (κ2) is 7.03. The molecule has 0 aliphatic rings. The number of hydrazone groups is 1. The summed E-state index contributed by atoms with van der Waals surface area (Å²) >= 11 is 18.0. The fraction of sp³-hybridized carbons (Fsp3) is 0.133. The number of benzene rings is 2. The zero-order chi connectivity index (χ0) is 15.4. The lowest BCUT2D eigenvalue weighted by Crippen LogP contribution is -2.08. The van der Waals surface area contributed by atoms with E-state index in [1.807, 2.05) is 43.3 Å². The average Bonchev–Trinajstić information content (AvgIpc) is 2.42. The minimum atomic E-state index is 0.424. The van der Waals surface area contributed by atoms with E-state index < -0.39 is 0 Å². The number of nitrogens with zero attached hydrogens (tertiary/aromatic N) is 2. The van der Waals surface area contributed by atoms with Crippen molar-refractivity contribution in [1.82, 2.24) is 0 Å². The van der Waals surface area contributed by atoms with Crippen LogP contribution in [0.5, 0.6) is 0 Å². The number of hydrogen-bond acceptors (Lipinski definition) is 3. The van der Waals surface area contributed by atoms with Gasteiger partial charge >= 0.3 is 0 Å². The molecule has 6 heteroatoms. The molecule has 2 aromatic rings. The van der Waals surface area contributed by atoms with Crippen molar-refractivity contribution < 1.29 is 0 Å². The summed E-state index contributed by atoms with van der Waals surface area (Å²) in [5, 5.41) is 5.47. The molecule has 0 saturated heterocycles. The van der Waals surface area contributed by atoms with Crippen LogP contribution in [0.3, 0.4) is 0 Å². The summed E-state index contributed by atoms with van der Waals surface area (Å²) in [5.41, 5.74) is 5.46. The van der Waals surface area contributed by atoms with Crippen LogP contribution in [-0.2, 0) is 0 Å². The second-order valence-corrected chi connectivity index (χ2v) is 5.85. The summed E-state index contributed by atoms with van der Waals surface area (Å²) in [6.07, 6.45) is 1.70. The molecule has 3 nitrogen and oxygen atoms in total. The molecule has 2 aromatic carbocycles. The van der Waals surface area contributed by atoms with Gasteiger partial charge in [0.25, 0.3) is 0 Å². The average molecular weight is 343 g/mol. The van der Waals surface area contributed by atoms with Crippen LogP contribution < -0.4 is 10.3 Å². The molecule has 1 N–H and O–H groups in total. The Hall–Kier alpha value is -1.42. The lowest BCUT2D eigenvalue weighted by Gasteiger charge is -2.11. The van der Waals surface area contributed by atoms with Crippen LogP contribution in [0.2, 0.25) is 15.1 Å². The van der Waals surface area contributed by atoms with Gasteiger partial charge in [0, 0.05) is 24.8 Å². The Morgan fingerprint density at radius 1 is 1.00 bits per heavy atom. The first-order valence-electron chi connectivity index (χ1n) is 6.18. The first-order valence-corrected chi connectivity index (χ1v) is 7.32. The van der Waals surface area contributed by atoms with E-state index in [1.165, 1.54) is 0 Å². The quantitative estimate of drug-likeness (QED) is 0.614. The molecule has 0 radical (unpaired) electrons. The predicted octanol–water partition coefficient (Wildman–Crippen LogP) is 5.16. The van der Waals surface area contributed by atoms with Gasteiger partial charge in [0.05, 0.1) is 21.9 Å². The van der Waals surface area contributed by atoms with Crippen molar-refractivity contribution in [2.75, 3.05) is 24.4 Å². The molecule has 110 valence electrons. The molecular weight excluding hydrogens is 329 g/mol. The fourth-order valence-electron chi connectivity index (χ4n) is 1.68. The Kier molecular flexibility index (Phi) is 5.34. The molecule has 0 amide bonds. The molecule has 0 unspecified atom stereocenters. The summed E-state index contributed by atoms with van der Waals surface area (Å²) in [6.45, 7) is 0. The van der Waals surface area contributed by atoms with Gasteiger partial charge in [0.1, 0.15) is 0 Å². The fourth-order valence-corrected chi connectivity index (χ4v) is 2.58. The first-order chi connectivity index (χ1) is 9.97. The molecule has 0 aliphatic heterocycles. The van der Waals surface area contributed by atoms with E-state index in [0.717, 1.165) is 11.3 Å². The zero-order valence-corrected chi connectivity index (χ0v) is 13.8. The molecule has 2 rings (SSSR count). The van der Waals surface area contributed by atoms with Gasteiger partial charge in [-0.25, -0.2) is 0 Å². The van der Waals surface area contributed by atoms with Crippen molar-refractivity contribution in [3.63, 3.8) is 0 Å². The van der Waals surface area contributed by atoms with Crippen LogP contribution in [-0.4, -0.2) is 20.3 Å². The minimum Gasteiger partial charge on any atom is -0.378 e. The summed E-state index contributed by atoms with van der Waals surface area (Å²) in [6, 6.07) is 11.2. The SMILES string of the molecule is CN(C)c1ccc(C=NNc2c(Cl)cc(Cl)cc2Cl)cc1. The molecule has 0 fully saturated rings. The van der Waals surface area contributed by atoms with Crippen molar-refractivity contribution in [3.8, 4) is 0 Å². The molecule has 0 aliphatic carbocycles. The van der Waals surface area contributed by atoms with Crippen molar-refractivity contribution in [3.05, 3.63) is 57.0 Å². The third-order valence-electron chi connectivity index (χ3n) is 2.81. The first kappa shape index (κ1) is 16.0. The van der Waals surface area contributed by atoms with E-state index in [-0.39, 0.29) is 0 Å². The Labute approximate surface area is 139 Å². The zero-order valence-electron chi connectivity index (χ0n) is 11.6. The van der Waals surface area contributed by atoms with Gasteiger partial charge in [0.15, 0.2) is 0 Å². The highest BCUT2D eigenvalue weighted by Gasteiger charge is 2.06.